The Labute approximate surface area is 206 Å². The first-order valence-electron chi connectivity index (χ1n) is 12.5. The van der Waals surface area contributed by atoms with Crippen molar-refractivity contribution in [3.63, 3.8) is 0 Å². The number of aliphatic hydroxyl groups is 2. The third kappa shape index (κ3) is 4.85. The van der Waals surface area contributed by atoms with Crippen LogP contribution in [0.3, 0.4) is 0 Å². The van der Waals surface area contributed by atoms with E-state index in [1.165, 1.54) is 4.90 Å². The van der Waals surface area contributed by atoms with Gasteiger partial charge in [0, 0.05) is 43.7 Å². The number of carbonyl (C=O) groups excluding carboxylic acids is 3. The van der Waals surface area contributed by atoms with Crippen LogP contribution in [-0.4, -0.2) is 72.2 Å². The average molecular weight is 485 g/mol. The van der Waals surface area contributed by atoms with Gasteiger partial charge in [-0.3, -0.25) is 14.4 Å². The Kier molecular flexibility index (Phi) is 7.59. The first kappa shape index (κ1) is 25.3. The molecular formula is C26H36N4O5. The summed E-state index contributed by atoms with van der Waals surface area (Å²) in [4.78, 5) is 41.5. The summed E-state index contributed by atoms with van der Waals surface area (Å²) >= 11 is 0. The average Bonchev–Trinajstić information content (AvgIpc) is 3.43. The molecule has 9 heteroatoms. The number of amides is 3. The van der Waals surface area contributed by atoms with Gasteiger partial charge in [0.1, 0.15) is 0 Å². The van der Waals surface area contributed by atoms with Crippen molar-refractivity contribution in [1.29, 1.82) is 0 Å². The van der Waals surface area contributed by atoms with Crippen LogP contribution in [0, 0.1) is 11.8 Å². The number of nitrogens with one attached hydrogen (secondary N) is 2. The summed E-state index contributed by atoms with van der Waals surface area (Å²) in [5.74, 6) is -1.31. The van der Waals surface area contributed by atoms with Gasteiger partial charge in [-0.15, -0.1) is 0 Å². The maximum atomic E-state index is 13.1. The molecule has 3 heterocycles. The van der Waals surface area contributed by atoms with Crippen LogP contribution >= 0.6 is 0 Å². The van der Waals surface area contributed by atoms with E-state index in [9.17, 15) is 24.6 Å². The molecule has 0 saturated carbocycles. The SMILES string of the molecule is C[C@H](/C=C/CC(=O)N1CCC[C@H]1CO)[C@@]1(O)C(=O)N(C)c2ccc(NC(=O)C3CCCNC3)cc21. The summed E-state index contributed by atoms with van der Waals surface area (Å²) in [6, 6.07) is 5.03. The van der Waals surface area contributed by atoms with E-state index >= 15 is 0 Å². The quantitative estimate of drug-likeness (QED) is 0.434. The molecule has 2 saturated heterocycles. The molecular weight excluding hydrogens is 448 g/mol. The van der Waals surface area contributed by atoms with Gasteiger partial charge in [0.05, 0.1) is 24.3 Å². The van der Waals surface area contributed by atoms with Crippen LogP contribution in [0.1, 0.15) is 44.6 Å². The molecule has 0 spiro atoms. The molecule has 0 bridgehead atoms. The summed E-state index contributed by atoms with van der Waals surface area (Å²) in [5, 5.41) is 27.3. The Morgan fingerprint density at radius 2 is 2.11 bits per heavy atom. The van der Waals surface area contributed by atoms with Crippen molar-refractivity contribution in [2.45, 2.75) is 50.7 Å². The highest BCUT2D eigenvalue weighted by Gasteiger charge is 2.51. The number of likely N-dealkylation sites (N-methyl/N-ethyl adjacent to an activating group) is 1. The second-order valence-corrected chi connectivity index (χ2v) is 9.88. The highest BCUT2D eigenvalue weighted by molar-refractivity contribution is 6.07. The highest BCUT2D eigenvalue weighted by atomic mass is 16.3. The van der Waals surface area contributed by atoms with E-state index in [1.54, 1.807) is 49.2 Å². The monoisotopic (exact) mass is 484 g/mol. The largest absolute Gasteiger partial charge is 0.394 e. The lowest BCUT2D eigenvalue weighted by Crippen LogP contribution is -2.43. The number of likely N-dealkylation sites (tertiary alicyclic amines) is 1. The number of hydrogen-bond donors (Lipinski definition) is 4. The second-order valence-electron chi connectivity index (χ2n) is 9.88. The van der Waals surface area contributed by atoms with Gasteiger partial charge in [-0.1, -0.05) is 19.1 Å². The molecule has 0 aliphatic carbocycles. The third-order valence-electron chi connectivity index (χ3n) is 7.62. The second kappa shape index (κ2) is 10.5. The van der Waals surface area contributed by atoms with Crippen molar-refractivity contribution in [3.05, 3.63) is 35.9 Å². The minimum absolute atomic E-state index is 0.0423. The molecule has 1 aromatic carbocycles. The Bertz CT molecular complexity index is 1010. The summed E-state index contributed by atoms with van der Waals surface area (Å²) in [6.45, 7) is 3.89. The van der Waals surface area contributed by atoms with Gasteiger partial charge in [-0.2, -0.15) is 0 Å². The van der Waals surface area contributed by atoms with Crippen LogP contribution in [0.2, 0.25) is 0 Å². The van der Waals surface area contributed by atoms with Crippen molar-refractivity contribution in [1.82, 2.24) is 10.2 Å². The Morgan fingerprint density at radius 3 is 2.83 bits per heavy atom. The van der Waals surface area contributed by atoms with Crippen molar-refractivity contribution in [3.8, 4) is 0 Å². The lowest BCUT2D eigenvalue weighted by Gasteiger charge is -2.27. The highest BCUT2D eigenvalue weighted by Crippen LogP contribution is 2.45. The molecule has 0 radical (unpaired) electrons. The van der Waals surface area contributed by atoms with E-state index in [0.29, 0.717) is 30.0 Å². The van der Waals surface area contributed by atoms with Gasteiger partial charge >= 0.3 is 0 Å². The van der Waals surface area contributed by atoms with Crippen LogP contribution in [-0.2, 0) is 20.0 Å². The number of hydrogen-bond acceptors (Lipinski definition) is 6. The number of carbonyl (C=O) groups is 3. The first-order chi connectivity index (χ1) is 16.8. The number of benzene rings is 1. The van der Waals surface area contributed by atoms with E-state index in [-0.39, 0.29) is 36.8 Å². The van der Waals surface area contributed by atoms with Crippen LogP contribution in [0.25, 0.3) is 0 Å². The zero-order chi connectivity index (χ0) is 25.2. The number of piperidine rings is 1. The molecule has 4 rings (SSSR count). The maximum Gasteiger partial charge on any atom is 0.264 e. The number of rotatable bonds is 7. The Balaban J connectivity index is 1.49. The molecule has 1 unspecified atom stereocenters. The van der Waals surface area contributed by atoms with E-state index in [0.717, 1.165) is 32.2 Å². The van der Waals surface area contributed by atoms with Crippen LogP contribution in [0.4, 0.5) is 11.4 Å². The van der Waals surface area contributed by atoms with Gasteiger partial charge in [0.2, 0.25) is 11.8 Å². The van der Waals surface area contributed by atoms with Crippen molar-refractivity contribution in [2.24, 2.45) is 11.8 Å². The van der Waals surface area contributed by atoms with E-state index in [2.05, 4.69) is 10.6 Å². The Morgan fingerprint density at radius 1 is 1.31 bits per heavy atom. The van der Waals surface area contributed by atoms with Crippen molar-refractivity contribution < 1.29 is 24.6 Å². The molecule has 9 nitrogen and oxygen atoms in total. The van der Waals surface area contributed by atoms with Crippen LogP contribution in [0.15, 0.2) is 30.4 Å². The minimum atomic E-state index is -1.81. The van der Waals surface area contributed by atoms with Gasteiger partial charge in [0.25, 0.3) is 5.91 Å². The minimum Gasteiger partial charge on any atom is -0.394 e. The molecule has 4 N–H and O–H groups in total. The molecule has 190 valence electrons. The predicted octanol–water partition coefficient (Wildman–Crippen LogP) is 1.35. The van der Waals surface area contributed by atoms with Crippen molar-refractivity contribution >= 4 is 29.1 Å². The van der Waals surface area contributed by atoms with Crippen LogP contribution < -0.4 is 15.5 Å². The molecule has 2 fully saturated rings. The topological polar surface area (TPSA) is 122 Å². The molecule has 3 aliphatic rings. The van der Waals surface area contributed by atoms with Crippen LogP contribution in [0.5, 0.6) is 0 Å². The summed E-state index contributed by atoms with van der Waals surface area (Å²) < 4.78 is 0. The van der Waals surface area contributed by atoms with E-state index in [1.807, 2.05) is 0 Å². The summed E-state index contributed by atoms with van der Waals surface area (Å²) in [7, 11) is 1.62. The number of fused-ring (bicyclic) bond motifs is 1. The first-order valence-corrected chi connectivity index (χ1v) is 12.5. The molecule has 0 aromatic heterocycles. The molecule has 3 aliphatic heterocycles. The maximum absolute atomic E-state index is 13.1. The molecule has 1 aromatic rings. The fourth-order valence-electron chi connectivity index (χ4n) is 5.44. The smallest absolute Gasteiger partial charge is 0.264 e. The Hall–Kier alpha value is -2.75. The summed E-state index contributed by atoms with van der Waals surface area (Å²) in [5.41, 5.74) is -0.240. The molecule has 3 amide bonds. The number of anilines is 2. The summed E-state index contributed by atoms with van der Waals surface area (Å²) in [6.07, 6.45) is 6.98. The van der Waals surface area contributed by atoms with E-state index < -0.39 is 17.4 Å². The normalized spacial score (nSPS) is 27.4. The standard InChI is InChI=1S/C26H36N4O5/c1-17(6-3-9-23(32)30-13-5-8-20(30)16-31)26(35)21-14-19(10-11-22(21)29(2)25(26)34)28-24(33)18-7-4-12-27-15-18/h3,6,10-11,14,17-18,20,27,31,35H,4-5,7-9,12-13,15-16H2,1-2H3,(H,28,33)/b6-3+/t17-,18?,20+,26+/m1/s1. The molecule has 4 atom stereocenters. The zero-order valence-corrected chi connectivity index (χ0v) is 20.5. The van der Waals surface area contributed by atoms with Gasteiger partial charge in [0.15, 0.2) is 5.60 Å². The molecule has 35 heavy (non-hydrogen) atoms. The lowest BCUT2D eigenvalue weighted by molar-refractivity contribution is -0.139. The van der Waals surface area contributed by atoms with Gasteiger partial charge in [-0.25, -0.2) is 0 Å². The van der Waals surface area contributed by atoms with Gasteiger partial charge in [-0.05, 0) is 50.4 Å². The third-order valence-corrected chi connectivity index (χ3v) is 7.62. The van der Waals surface area contributed by atoms with Crippen molar-refractivity contribution in [2.75, 3.05) is 43.5 Å². The zero-order valence-electron chi connectivity index (χ0n) is 20.5. The van der Waals surface area contributed by atoms with E-state index in [4.69, 9.17) is 0 Å². The number of aliphatic hydroxyl groups excluding tert-OH is 1. The predicted molar refractivity (Wildman–Crippen MR) is 133 cm³/mol. The van der Waals surface area contributed by atoms with Gasteiger partial charge < -0.3 is 30.6 Å². The number of nitrogens with zero attached hydrogens (tertiary/aromatic N) is 2. The fourth-order valence-corrected chi connectivity index (χ4v) is 5.44. The lowest BCUT2D eigenvalue weighted by atomic mass is 9.82. The fraction of sp³-hybridized carbons (Fsp3) is 0.577.